The highest BCUT2D eigenvalue weighted by atomic mass is 35.5. The van der Waals surface area contributed by atoms with E-state index in [4.69, 9.17) is 11.6 Å². The Bertz CT molecular complexity index is 299. The van der Waals surface area contributed by atoms with Crippen molar-refractivity contribution in [1.29, 1.82) is 0 Å². The van der Waals surface area contributed by atoms with Crippen LogP contribution in [0, 0.1) is 0 Å². The average Bonchev–Trinajstić information content (AvgIpc) is 2.38. The molecule has 1 unspecified atom stereocenters. The van der Waals surface area contributed by atoms with Crippen LogP contribution in [-0.4, -0.2) is 30.4 Å². The van der Waals surface area contributed by atoms with Gasteiger partial charge in [0.05, 0.1) is 0 Å². The van der Waals surface area contributed by atoms with Gasteiger partial charge in [-0.1, -0.05) is 30.3 Å². The minimum absolute atomic E-state index is 0.727. The van der Waals surface area contributed by atoms with Crippen LogP contribution in [0.1, 0.15) is 30.7 Å². The van der Waals surface area contributed by atoms with Crippen LogP contribution in [0.2, 0.25) is 0 Å². The molecule has 1 nitrogen and oxygen atoms in total. The first kappa shape index (κ1) is 11.9. The molecule has 0 amide bonds. The van der Waals surface area contributed by atoms with E-state index < -0.39 is 0 Å². The first-order chi connectivity index (χ1) is 7.90. The summed E-state index contributed by atoms with van der Waals surface area (Å²) >= 11 is 5.75. The van der Waals surface area contributed by atoms with E-state index in [9.17, 15) is 0 Å². The lowest BCUT2D eigenvalue weighted by molar-refractivity contribution is 0.209. The lowest BCUT2D eigenvalue weighted by Crippen LogP contribution is -2.35. The molecule has 1 fully saturated rings. The average molecular weight is 238 g/mol. The molecule has 16 heavy (non-hydrogen) atoms. The zero-order valence-corrected chi connectivity index (χ0v) is 10.5. The molecule has 0 N–H and O–H groups in total. The Kier molecular flexibility index (Phi) is 4.68. The summed E-state index contributed by atoms with van der Waals surface area (Å²) in [5.74, 6) is 1.51. The summed E-state index contributed by atoms with van der Waals surface area (Å²) in [5.41, 5.74) is 1.50. The molecule has 0 bridgehead atoms. The summed E-state index contributed by atoms with van der Waals surface area (Å²) in [4.78, 5) is 2.56. The van der Waals surface area contributed by atoms with E-state index in [-0.39, 0.29) is 0 Å². The molecule has 1 heterocycles. The highest BCUT2D eigenvalue weighted by Gasteiger charge is 2.20. The number of nitrogens with zero attached hydrogens (tertiary/aromatic N) is 1. The maximum Gasteiger partial charge on any atom is 0.0235 e. The van der Waals surface area contributed by atoms with Gasteiger partial charge in [-0.25, -0.2) is 0 Å². The molecular formula is C14H20ClN. The lowest BCUT2D eigenvalue weighted by atomic mass is 9.91. The molecule has 1 aromatic carbocycles. The number of hydrogen-bond donors (Lipinski definition) is 0. The third-order valence-electron chi connectivity index (χ3n) is 3.38. The van der Waals surface area contributed by atoms with Gasteiger partial charge >= 0.3 is 0 Å². The van der Waals surface area contributed by atoms with Crippen molar-refractivity contribution < 1.29 is 0 Å². The Morgan fingerprint density at radius 3 is 2.81 bits per heavy atom. The number of rotatable bonds is 4. The van der Waals surface area contributed by atoms with Gasteiger partial charge < -0.3 is 4.90 Å². The van der Waals surface area contributed by atoms with Gasteiger partial charge in [0.25, 0.3) is 0 Å². The first-order valence-corrected chi connectivity index (χ1v) is 6.77. The van der Waals surface area contributed by atoms with E-state index in [1.807, 2.05) is 0 Å². The quantitative estimate of drug-likeness (QED) is 0.725. The number of benzene rings is 1. The van der Waals surface area contributed by atoms with Gasteiger partial charge in [-0.2, -0.15) is 0 Å². The summed E-state index contributed by atoms with van der Waals surface area (Å²) < 4.78 is 0. The van der Waals surface area contributed by atoms with Crippen LogP contribution in [0.15, 0.2) is 30.3 Å². The molecule has 1 atom stereocenters. The molecule has 0 saturated carbocycles. The summed E-state index contributed by atoms with van der Waals surface area (Å²) in [6, 6.07) is 10.9. The minimum atomic E-state index is 0.727. The summed E-state index contributed by atoms with van der Waals surface area (Å²) in [5, 5.41) is 0. The van der Waals surface area contributed by atoms with E-state index in [1.54, 1.807) is 0 Å². The summed E-state index contributed by atoms with van der Waals surface area (Å²) in [6.07, 6.45) is 3.77. The maximum atomic E-state index is 5.75. The molecule has 1 aromatic rings. The molecular weight excluding hydrogens is 218 g/mol. The molecule has 2 rings (SSSR count). The van der Waals surface area contributed by atoms with Gasteiger partial charge in [0.2, 0.25) is 0 Å². The smallest absolute Gasteiger partial charge is 0.0235 e. The van der Waals surface area contributed by atoms with E-state index in [0.29, 0.717) is 0 Å². The van der Waals surface area contributed by atoms with Crippen molar-refractivity contribution in [3.05, 3.63) is 35.9 Å². The van der Waals surface area contributed by atoms with Crippen molar-refractivity contribution in [3.63, 3.8) is 0 Å². The maximum absolute atomic E-state index is 5.75. The van der Waals surface area contributed by atoms with Gasteiger partial charge in [-0.05, 0) is 43.8 Å². The third-order valence-corrected chi connectivity index (χ3v) is 3.65. The third kappa shape index (κ3) is 3.23. The van der Waals surface area contributed by atoms with E-state index in [0.717, 1.165) is 24.8 Å². The predicted molar refractivity (Wildman–Crippen MR) is 70.2 cm³/mol. The molecule has 0 radical (unpaired) electrons. The topological polar surface area (TPSA) is 3.24 Å². The first-order valence-electron chi connectivity index (χ1n) is 6.23. The van der Waals surface area contributed by atoms with Gasteiger partial charge in [-0.15, -0.1) is 11.6 Å². The lowest BCUT2D eigenvalue weighted by Gasteiger charge is -2.32. The van der Waals surface area contributed by atoms with E-state index in [1.165, 1.54) is 31.5 Å². The monoisotopic (exact) mass is 237 g/mol. The van der Waals surface area contributed by atoms with Crippen LogP contribution in [-0.2, 0) is 0 Å². The van der Waals surface area contributed by atoms with Crippen molar-refractivity contribution in [2.24, 2.45) is 0 Å². The van der Waals surface area contributed by atoms with Crippen LogP contribution in [0.3, 0.4) is 0 Å². The standard InChI is InChI=1S/C14H20ClN/c15-9-5-11-16-10-4-8-14(12-16)13-6-2-1-3-7-13/h1-3,6-7,14H,4-5,8-12H2. The Balaban J connectivity index is 1.91. The fourth-order valence-electron chi connectivity index (χ4n) is 2.54. The Labute approximate surface area is 103 Å². The Morgan fingerprint density at radius 2 is 2.06 bits per heavy atom. The summed E-state index contributed by atoms with van der Waals surface area (Å²) in [7, 11) is 0. The molecule has 0 aromatic heterocycles. The van der Waals surface area contributed by atoms with Crippen molar-refractivity contribution in [1.82, 2.24) is 4.90 Å². The number of likely N-dealkylation sites (tertiary alicyclic amines) is 1. The zero-order valence-electron chi connectivity index (χ0n) is 9.74. The largest absolute Gasteiger partial charge is 0.303 e. The molecule has 1 aliphatic heterocycles. The summed E-state index contributed by atoms with van der Waals surface area (Å²) in [6.45, 7) is 3.62. The Morgan fingerprint density at radius 1 is 1.25 bits per heavy atom. The van der Waals surface area contributed by atoms with E-state index in [2.05, 4.69) is 35.2 Å². The number of piperidine rings is 1. The normalized spacial score (nSPS) is 22.2. The Hall–Kier alpha value is -0.530. The van der Waals surface area contributed by atoms with Crippen molar-refractivity contribution >= 4 is 11.6 Å². The SMILES string of the molecule is ClCCCN1CCCC(c2ccccc2)C1. The van der Waals surface area contributed by atoms with Gasteiger partial charge in [0, 0.05) is 12.4 Å². The van der Waals surface area contributed by atoms with Crippen LogP contribution < -0.4 is 0 Å². The number of alkyl halides is 1. The molecule has 2 heteroatoms. The van der Waals surface area contributed by atoms with Crippen LogP contribution in [0.5, 0.6) is 0 Å². The van der Waals surface area contributed by atoms with Crippen LogP contribution in [0.4, 0.5) is 0 Å². The van der Waals surface area contributed by atoms with Crippen molar-refractivity contribution in [2.45, 2.75) is 25.2 Å². The van der Waals surface area contributed by atoms with Gasteiger partial charge in [-0.3, -0.25) is 0 Å². The fourth-order valence-corrected chi connectivity index (χ4v) is 2.66. The second-order valence-electron chi connectivity index (χ2n) is 4.59. The second-order valence-corrected chi connectivity index (χ2v) is 4.97. The number of hydrogen-bond acceptors (Lipinski definition) is 1. The highest BCUT2D eigenvalue weighted by Crippen LogP contribution is 2.26. The van der Waals surface area contributed by atoms with Crippen molar-refractivity contribution in [2.75, 3.05) is 25.5 Å². The van der Waals surface area contributed by atoms with Gasteiger partial charge in [0.15, 0.2) is 0 Å². The molecule has 88 valence electrons. The molecule has 0 aliphatic carbocycles. The number of halogens is 1. The van der Waals surface area contributed by atoms with Crippen molar-refractivity contribution in [3.8, 4) is 0 Å². The zero-order chi connectivity index (χ0) is 11.2. The fraction of sp³-hybridized carbons (Fsp3) is 0.571. The molecule has 0 spiro atoms. The predicted octanol–water partition coefficient (Wildman–Crippen LogP) is 3.49. The van der Waals surface area contributed by atoms with E-state index >= 15 is 0 Å². The second kappa shape index (κ2) is 6.27. The molecule has 1 aliphatic rings. The minimum Gasteiger partial charge on any atom is -0.303 e. The molecule has 1 saturated heterocycles. The highest BCUT2D eigenvalue weighted by molar-refractivity contribution is 6.17. The van der Waals surface area contributed by atoms with Crippen LogP contribution >= 0.6 is 11.6 Å². The van der Waals surface area contributed by atoms with Gasteiger partial charge in [0.1, 0.15) is 0 Å². The van der Waals surface area contributed by atoms with Crippen LogP contribution in [0.25, 0.3) is 0 Å².